The third-order valence-corrected chi connectivity index (χ3v) is 2.66. The Hall–Kier alpha value is -1.59. The van der Waals surface area contributed by atoms with Crippen LogP contribution in [0.15, 0.2) is 24.5 Å². The maximum Gasteiger partial charge on any atom is 0.224 e. The Balaban J connectivity index is 2.14. The van der Waals surface area contributed by atoms with Crippen molar-refractivity contribution in [1.82, 2.24) is 15.0 Å². The van der Waals surface area contributed by atoms with Gasteiger partial charge in [0.05, 0.1) is 13.3 Å². The van der Waals surface area contributed by atoms with Crippen molar-refractivity contribution in [3.05, 3.63) is 40.4 Å². The minimum absolute atomic E-state index is 0.139. The molecule has 7 heteroatoms. The van der Waals surface area contributed by atoms with E-state index in [4.69, 9.17) is 27.9 Å². The smallest absolute Gasteiger partial charge is 0.224 e. The van der Waals surface area contributed by atoms with Crippen LogP contribution in [0.25, 0.3) is 0 Å². The van der Waals surface area contributed by atoms with E-state index in [1.165, 1.54) is 6.20 Å². The minimum Gasteiger partial charge on any atom is -0.481 e. The number of hydrogen-bond acceptors (Lipinski definition) is 5. The summed E-state index contributed by atoms with van der Waals surface area (Å²) >= 11 is 11.6. The molecule has 0 bridgehead atoms. The van der Waals surface area contributed by atoms with Crippen LogP contribution in [0.1, 0.15) is 5.56 Å². The molecule has 5 nitrogen and oxygen atoms in total. The van der Waals surface area contributed by atoms with Crippen LogP contribution in [-0.4, -0.2) is 22.1 Å². The van der Waals surface area contributed by atoms with E-state index in [-0.39, 0.29) is 5.28 Å². The fraction of sp³-hybridized carbons (Fsp3) is 0.182. The maximum absolute atomic E-state index is 5.94. The zero-order valence-corrected chi connectivity index (χ0v) is 11.0. The molecule has 0 atom stereocenters. The van der Waals surface area contributed by atoms with Gasteiger partial charge in [-0.3, -0.25) is 0 Å². The van der Waals surface area contributed by atoms with E-state index in [1.54, 1.807) is 13.3 Å². The quantitative estimate of drug-likeness (QED) is 0.875. The zero-order chi connectivity index (χ0) is 13.0. The monoisotopic (exact) mass is 284 g/mol. The average Bonchev–Trinajstić information content (AvgIpc) is 2.40. The summed E-state index contributed by atoms with van der Waals surface area (Å²) in [5.41, 5.74) is 0.894. The predicted octanol–water partition coefficient (Wildman–Crippen LogP) is 2.80. The summed E-state index contributed by atoms with van der Waals surface area (Å²) in [4.78, 5) is 11.9. The highest BCUT2D eigenvalue weighted by Gasteiger charge is 2.07. The van der Waals surface area contributed by atoms with E-state index in [0.717, 1.165) is 5.56 Å². The Kier molecular flexibility index (Phi) is 4.17. The number of halogens is 2. The van der Waals surface area contributed by atoms with Crippen LogP contribution in [0.2, 0.25) is 10.3 Å². The number of nitrogens with zero attached hydrogens (tertiary/aromatic N) is 3. The Morgan fingerprint density at radius 3 is 2.94 bits per heavy atom. The fourth-order valence-corrected chi connectivity index (χ4v) is 1.68. The summed E-state index contributed by atoms with van der Waals surface area (Å²) in [5.74, 6) is 1.03. The third kappa shape index (κ3) is 3.00. The molecule has 1 N–H and O–H groups in total. The van der Waals surface area contributed by atoms with Gasteiger partial charge in [-0.1, -0.05) is 17.7 Å². The van der Waals surface area contributed by atoms with Gasteiger partial charge in [0, 0.05) is 18.3 Å². The third-order valence-electron chi connectivity index (χ3n) is 2.20. The molecular weight excluding hydrogens is 275 g/mol. The van der Waals surface area contributed by atoms with Crippen LogP contribution in [0.4, 0.5) is 5.82 Å². The Bertz CT molecular complexity index is 550. The van der Waals surface area contributed by atoms with E-state index in [2.05, 4.69) is 20.3 Å². The van der Waals surface area contributed by atoms with Gasteiger partial charge in [-0.15, -0.1) is 0 Å². The lowest BCUT2D eigenvalue weighted by atomic mass is 10.2. The fourth-order valence-electron chi connectivity index (χ4n) is 1.39. The Morgan fingerprint density at radius 2 is 2.17 bits per heavy atom. The molecule has 0 fully saturated rings. The van der Waals surface area contributed by atoms with E-state index < -0.39 is 0 Å². The van der Waals surface area contributed by atoms with Crippen molar-refractivity contribution in [3.8, 4) is 5.88 Å². The summed E-state index contributed by atoms with van der Waals surface area (Å²) in [6, 6.07) is 3.73. The molecule has 0 aliphatic carbocycles. The molecule has 2 rings (SSSR count). The van der Waals surface area contributed by atoms with Gasteiger partial charge in [-0.05, 0) is 17.7 Å². The normalized spacial score (nSPS) is 10.2. The van der Waals surface area contributed by atoms with Crippen LogP contribution < -0.4 is 10.1 Å². The Labute approximate surface area is 114 Å². The molecule has 18 heavy (non-hydrogen) atoms. The second kappa shape index (κ2) is 5.84. The van der Waals surface area contributed by atoms with Crippen molar-refractivity contribution in [2.75, 3.05) is 12.4 Å². The van der Waals surface area contributed by atoms with Gasteiger partial charge >= 0.3 is 0 Å². The number of hydrogen-bond donors (Lipinski definition) is 1. The number of ether oxygens (including phenoxy) is 1. The molecular formula is C11H10Cl2N4O. The van der Waals surface area contributed by atoms with Crippen molar-refractivity contribution < 1.29 is 4.74 Å². The van der Waals surface area contributed by atoms with Crippen molar-refractivity contribution in [2.45, 2.75) is 6.54 Å². The van der Waals surface area contributed by atoms with Crippen LogP contribution in [-0.2, 0) is 6.54 Å². The molecule has 2 aromatic heterocycles. The number of methoxy groups -OCH3 is 1. The molecule has 2 heterocycles. The van der Waals surface area contributed by atoms with Crippen molar-refractivity contribution in [1.29, 1.82) is 0 Å². The average molecular weight is 285 g/mol. The van der Waals surface area contributed by atoms with Crippen LogP contribution in [0.3, 0.4) is 0 Å². The lowest BCUT2D eigenvalue weighted by Gasteiger charge is -2.09. The van der Waals surface area contributed by atoms with Crippen LogP contribution in [0, 0.1) is 0 Å². The first-order chi connectivity index (χ1) is 8.70. The van der Waals surface area contributed by atoms with Gasteiger partial charge in [0.25, 0.3) is 0 Å². The summed E-state index contributed by atoms with van der Waals surface area (Å²) in [6.45, 7) is 0.476. The molecule has 0 aromatic carbocycles. The molecule has 0 aliphatic heterocycles. The molecule has 0 unspecified atom stereocenters. The standard InChI is InChI=1S/C11H10Cl2N4O/c1-18-10-7(3-2-4-14-10)5-15-9-8(12)6-16-11(13)17-9/h2-4,6H,5H2,1H3,(H,15,16,17). The van der Waals surface area contributed by atoms with Gasteiger partial charge < -0.3 is 10.1 Å². The molecule has 2 aromatic rings. The highest BCUT2D eigenvalue weighted by molar-refractivity contribution is 6.33. The maximum atomic E-state index is 5.94. The molecule has 94 valence electrons. The van der Waals surface area contributed by atoms with E-state index >= 15 is 0 Å². The Morgan fingerprint density at radius 1 is 1.33 bits per heavy atom. The number of aromatic nitrogens is 3. The highest BCUT2D eigenvalue weighted by Crippen LogP contribution is 2.21. The van der Waals surface area contributed by atoms with Gasteiger partial charge in [-0.25, -0.2) is 9.97 Å². The lowest BCUT2D eigenvalue weighted by molar-refractivity contribution is 0.393. The molecule has 0 saturated heterocycles. The lowest BCUT2D eigenvalue weighted by Crippen LogP contribution is -2.05. The van der Waals surface area contributed by atoms with Crippen molar-refractivity contribution >= 4 is 29.0 Å². The molecule has 0 radical (unpaired) electrons. The number of rotatable bonds is 4. The van der Waals surface area contributed by atoms with Crippen LogP contribution in [0.5, 0.6) is 5.88 Å². The highest BCUT2D eigenvalue weighted by atomic mass is 35.5. The first kappa shape index (κ1) is 12.9. The first-order valence-corrected chi connectivity index (χ1v) is 5.86. The van der Waals surface area contributed by atoms with Gasteiger partial charge in [0.1, 0.15) is 10.8 Å². The number of pyridine rings is 1. The SMILES string of the molecule is COc1ncccc1CNc1nc(Cl)ncc1Cl. The second-order valence-electron chi connectivity index (χ2n) is 3.36. The van der Waals surface area contributed by atoms with Gasteiger partial charge in [0.15, 0.2) is 0 Å². The topological polar surface area (TPSA) is 59.9 Å². The first-order valence-electron chi connectivity index (χ1n) is 5.10. The molecule has 0 amide bonds. The summed E-state index contributed by atoms with van der Waals surface area (Å²) < 4.78 is 5.14. The number of nitrogens with one attached hydrogen (secondary N) is 1. The van der Waals surface area contributed by atoms with E-state index in [1.807, 2.05) is 12.1 Å². The summed E-state index contributed by atoms with van der Waals surface area (Å²) in [5, 5.41) is 3.60. The minimum atomic E-state index is 0.139. The zero-order valence-electron chi connectivity index (χ0n) is 9.52. The summed E-state index contributed by atoms with van der Waals surface area (Å²) in [6.07, 6.45) is 3.11. The molecule has 0 saturated carbocycles. The van der Waals surface area contributed by atoms with Gasteiger partial charge in [-0.2, -0.15) is 4.98 Å². The van der Waals surface area contributed by atoms with E-state index in [9.17, 15) is 0 Å². The van der Waals surface area contributed by atoms with Crippen molar-refractivity contribution in [2.24, 2.45) is 0 Å². The molecule has 0 aliphatic rings. The van der Waals surface area contributed by atoms with Crippen LogP contribution >= 0.6 is 23.2 Å². The van der Waals surface area contributed by atoms with E-state index in [0.29, 0.717) is 23.3 Å². The van der Waals surface area contributed by atoms with Crippen molar-refractivity contribution in [3.63, 3.8) is 0 Å². The number of anilines is 1. The van der Waals surface area contributed by atoms with Gasteiger partial charge in [0.2, 0.25) is 11.2 Å². The summed E-state index contributed by atoms with van der Waals surface area (Å²) in [7, 11) is 1.57. The molecule has 0 spiro atoms. The predicted molar refractivity (Wildman–Crippen MR) is 70.2 cm³/mol. The second-order valence-corrected chi connectivity index (χ2v) is 4.11. The largest absolute Gasteiger partial charge is 0.481 e.